The number of phenolic OH excluding ortho intramolecular Hbond substituents is 1. The van der Waals surface area contributed by atoms with E-state index in [2.05, 4.69) is 15.5 Å². The molecular formula is C16H19FN4O2. The summed E-state index contributed by atoms with van der Waals surface area (Å²) in [6, 6.07) is 5.66. The van der Waals surface area contributed by atoms with Gasteiger partial charge in [-0.05, 0) is 19.1 Å². The molecule has 1 aliphatic heterocycles. The fourth-order valence-corrected chi connectivity index (χ4v) is 2.57. The van der Waals surface area contributed by atoms with Gasteiger partial charge in [-0.15, -0.1) is 0 Å². The Morgan fingerprint density at radius 1 is 1.43 bits per heavy atom. The minimum absolute atomic E-state index is 0.129. The standard InChI is InChI=1S/C16H19FN4O2/c1-10-4-15(20-19-10)16(23)21(8-11-6-18-7-11)9-12-2-3-13(22)5-14(12)17/h2-5,11,18,22H,6-9H2,1H3,(H,19,20). The van der Waals surface area contributed by atoms with Crippen molar-refractivity contribution in [2.24, 2.45) is 5.92 Å². The van der Waals surface area contributed by atoms with Gasteiger partial charge in [-0.3, -0.25) is 9.89 Å². The van der Waals surface area contributed by atoms with Crippen molar-refractivity contribution in [1.29, 1.82) is 0 Å². The van der Waals surface area contributed by atoms with E-state index in [0.29, 0.717) is 23.7 Å². The molecule has 1 fully saturated rings. The van der Waals surface area contributed by atoms with E-state index in [1.54, 1.807) is 11.0 Å². The third-order valence-electron chi connectivity index (χ3n) is 3.95. The summed E-state index contributed by atoms with van der Waals surface area (Å²) < 4.78 is 14.0. The van der Waals surface area contributed by atoms with Crippen LogP contribution < -0.4 is 5.32 Å². The average Bonchev–Trinajstić information content (AvgIpc) is 2.89. The van der Waals surface area contributed by atoms with Crippen LogP contribution in [0.4, 0.5) is 4.39 Å². The number of phenols is 1. The predicted octanol–water partition coefficient (Wildman–Crippen LogP) is 1.42. The first-order valence-corrected chi connectivity index (χ1v) is 7.52. The van der Waals surface area contributed by atoms with Crippen LogP contribution in [0.2, 0.25) is 0 Å². The van der Waals surface area contributed by atoms with Gasteiger partial charge in [0.05, 0.1) is 0 Å². The lowest BCUT2D eigenvalue weighted by molar-refractivity contribution is 0.0685. The monoisotopic (exact) mass is 318 g/mol. The minimum Gasteiger partial charge on any atom is -0.508 e. The molecule has 1 saturated heterocycles. The zero-order valence-corrected chi connectivity index (χ0v) is 12.8. The zero-order chi connectivity index (χ0) is 16.4. The van der Waals surface area contributed by atoms with Crippen LogP contribution in [0, 0.1) is 18.7 Å². The Bertz CT molecular complexity index is 712. The van der Waals surface area contributed by atoms with Crippen LogP contribution in [-0.2, 0) is 6.54 Å². The van der Waals surface area contributed by atoms with E-state index in [1.165, 1.54) is 12.1 Å². The van der Waals surface area contributed by atoms with E-state index in [0.717, 1.165) is 24.8 Å². The second-order valence-electron chi connectivity index (χ2n) is 5.92. The van der Waals surface area contributed by atoms with Gasteiger partial charge in [0, 0.05) is 49.4 Å². The molecule has 1 aromatic heterocycles. The number of benzene rings is 1. The average molecular weight is 318 g/mol. The maximum Gasteiger partial charge on any atom is 0.274 e. The number of aryl methyl sites for hydroxylation is 1. The molecule has 122 valence electrons. The number of aromatic amines is 1. The highest BCUT2D eigenvalue weighted by Crippen LogP contribution is 2.19. The minimum atomic E-state index is -0.521. The van der Waals surface area contributed by atoms with Gasteiger partial charge in [0.1, 0.15) is 17.3 Å². The zero-order valence-electron chi connectivity index (χ0n) is 12.8. The third-order valence-corrected chi connectivity index (χ3v) is 3.95. The molecule has 6 nitrogen and oxygen atoms in total. The smallest absolute Gasteiger partial charge is 0.274 e. The summed E-state index contributed by atoms with van der Waals surface area (Å²) in [4.78, 5) is 14.3. The second-order valence-corrected chi connectivity index (χ2v) is 5.92. The van der Waals surface area contributed by atoms with Crippen LogP contribution in [0.3, 0.4) is 0 Å². The van der Waals surface area contributed by atoms with Gasteiger partial charge in [-0.2, -0.15) is 5.10 Å². The van der Waals surface area contributed by atoms with E-state index in [9.17, 15) is 14.3 Å². The number of halogens is 1. The number of nitrogens with zero attached hydrogens (tertiary/aromatic N) is 2. The fourth-order valence-electron chi connectivity index (χ4n) is 2.57. The molecular weight excluding hydrogens is 299 g/mol. The summed E-state index contributed by atoms with van der Waals surface area (Å²) in [5.41, 5.74) is 1.50. The molecule has 0 atom stereocenters. The number of carbonyl (C=O) groups is 1. The molecule has 3 N–H and O–H groups in total. The summed E-state index contributed by atoms with van der Waals surface area (Å²) in [6.45, 7) is 4.21. The highest BCUT2D eigenvalue weighted by molar-refractivity contribution is 5.92. The van der Waals surface area contributed by atoms with Crippen LogP contribution in [0.25, 0.3) is 0 Å². The second kappa shape index (κ2) is 6.37. The first kappa shape index (κ1) is 15.5. The first-order chi connectivity index (χ1) is 11.0. The largest absolute Gasteiger partial charge is 0.508 e. The van der Waals surface area contributed by atoms with Crippen molar-refractivity contribution in [2.75, 3.05) is 19.6 Å². The summed E-state index contributed by atoms with van der Waals surface area (Å²) >= 11 is 0. The number of aromatic hydroxyl groups is 1. The van der Waals surface area contributed by atoms with E-state index in [1.807, 2.05) is 6.92 Å². The maximum absolute atomic E-state index is 14.0. The molecule has 0 aliphatic carbocycles. The number of carbonyl (C=O) groups excluding carboxylic acids is 1. The van der Waals surface area contributed by atoms with Gasteiger partial charge in [0.25, 0.3) is 5.91 Å². The Morgan fingerprint density at radius 3 is 2.78 bits per heavy atom. The molecule has 1 aliphatic rings. The Kier molecular flexibility index (Phi) is 4.29. The van der Waals surface area contributed by atoms with Crippen LogP contribution in [0.15, 0.2) is 24.3 Å². The molecule has 1 amide bonds. The van der Waals surface area contributed by atoms with Gasteiger partial charge < -0.3 is 15.3 Å². The normalized spacial score (nSPS) is 14.5. The van der Waals surface area contributed by atoms with Crippen LogP contribution in [0.5, 0.6) is 5.75 Å². The topological polar surface area (TPSA) is 81.2 Å². The predicted molar refractivity (Wildman–Crippen MR) is 82.5 cm³/mol. The van der Waals surface area contributed by atoms with Gasteiger partial charge in [0.2, 0.25) is 0 Å². The molecule has 1 aromatic carbocycles. The Balaban J connectivity index is 1.81. The number of H-pyrrole nitrogens is 1. The SMILES string of the molecule is Cc1cc(C(=O)N(Cc2ccc(O)cc2F)CC2CNC2)n[nH]1. The Hall–Kier alpha value is -2.41. The third kappa shape index (κ3) is 3.50. The molecule has 0 unspecified atom stereocenters. The molecule has 3 rings (SSSR count). The molecule has 0 bridgehead atoms. The first-order valence-electron chi connectivity index (χ1n) is 7.52. The lowest BCUT2D eigenvalue weighted by Crippen LogP contribution is -2.49. The van der Waals surface area contributed by atoms with E-state index in [4.69, 9.17) is 0 Å². The van der Waals surface area contributed by atoms with Crippen molar-refractivity contribution in [3.63, 3.8) is 0 Å². The van der Waals surface area contributed by atoms with Crippen molar-refractivity contribution in [3.8, 4) is 5.75 Å². The van der Waals surface area contributed by atoms with Gasteiger partial charge in [0.15, 0.2) is 0 Å². The fraction of sp³-hybridized carbons (Fsp3) is 0.375. The lowest BCUT2D eigenvalue weighted by atomic mass is 10.0. The molecule has 7 heteroatoms. The Morgan fingerprint density at radius 2 is 2.22 bits per heavy atom. The number of nitrogens with one attached hydrogen (secondary N) is 2. The van der Waals surface area contributed by atoms with E-state index in [-0.39, 0.29) is 18.2 Å². The van der Waals surface area contributed by atoms with E-state index < -0.39 is 5.82 Å². The summed E-state index contributed by atoms with van der Waals surface area (Å²) in [7, 11) is 0. The molecule has 0 spiro atoms. The number of hydrogen-bond acceptors (Lipinski definition) is 4. The summed E-state index contributed by atoms with van der Waals surface area (Å²) in [6.07, 6.45) is 0. The Labute approximate surface area is 133 Å². The molecule has 2 aromatic rings. The number of aromatic nitrogens is 2. The quantitative estimate of drug-likeness (QED) is 0.779. The number of hydrogen-bond donors (Lipinski definition) is 3. The van der Waals surface area contributed by atoms with Crippen LogP contribution in [-0.4, -0.2) is 45.7 Å². The molecule has 0 saturated carbocycles. The maximum atomic E-state index is 14.0. The summed E-state index contributed by atoms with van der Waals surface area (Å²) in [5, 5.41) is 19.2. The lowest BCUT2D eigenvalue weighted by Gasteiger charge is -2.33. The van der Waals surface area contributed by atoms with Crippen molar-refractivity contribution < 1.29 is 14.3 Å². The van der Waals surface area contributed by atoms with Crippen molar-refractivity contribution in [1.82, 2.24) is 20.4 Å². The van der Waals surface area contributed by atoms with Crippen molar-refractivity contribution in [3.05, 3.63) is 47.0 Å². The highest BCUT2D eigenvalue weighted by Gasteiger charge is 2.26. The van der Waals surface area contributed by atoms with E-state index >= 15 is 0 Å². The number of rotatable bonds is 5. The van der Waals surface area contributed by atoms with Gasteiger partial charge in [-0.25, -0.2) is 4.39 Å². The molecule has 0 radical (unpaired) electrons. The number of amides is 1. The molecule has 23 heavy (non-hydrogen) atoms. The van der Waals surface area contributed by atoms with Crippen molar-refractivity contribution >= 4 is 5.91 Å². The highest BCUT2D eigenvalue weighted by atomic mass is 19.1. The van der Waals surface area contributed by atoms with Crippen LogP contribution in [0.1, 0.15) is 21.7 Å². The van der Waals surface area contributed by atoms with Gasteiger partial charge in [-0.1, -0.05) is 6.07 Å². The summed E-state index contributed by atoms with van der Waals surface area (Å²) in [5.74, 6) is -0.518. The van der Waals surface area contributed by atoms with Gasteiger partial charge >= 0.3 is 0 Å². The van der Waals surface area contributed by atoms with Crippen LogP contribution >= 0.6 is 0 Å². The van der Waals surface area contributed by atoms with Crippen molar-refractivity contribution in [2.45, 2.75) is 13.5 Å². The molecule has 2 heterocycles.